The molecule has 0 radical (unpaired) electrons. The average Bonchev–Trinajstić information content (AvgIpc) is 3.05. The fourth-order valence-electron chi connectivity index (χ4n) is 3.57. The van der Waals surface area contributed by atoms with Gasteiger partial charge >= 0.3 is 12.3 Å². The van der Waals surface area contributed by atoms with Crippen LogP contribution in [0, 0.1) is 5.92 Å². The van der Waals surface area contributed by atoms with Gasteiger partial charge in [0, 0.05) is 12.6 Å². The number of ether oxygens (including phenoxy) is 1. The molecule has 138 valence electrons. The van der Waals surface area contributed by atoms with E-state index in [1.807, 2.05) is 20.8 Å². The minimum absolute atomic E-state index is 0.00944. The molecule has 2 bridgehead atoms. The Labute approximate surface area is 144 Å². The highest BCUT2D eigenvalue weighted by molar-refractivity contribution is 5.69. The fourth-order valence-corrected chi connectivity index (χ4v) is 3.57. The zero-order chi connectivity index (χ0) is 18.4. The summed E-state index contributed by atoms with van der Waals surface area (Å²) >= 11 is 0. The lowest BCUT2D eigenvalue weighted by Gasteiger charge is -2.35. The van der Waals surface area contributed by atoms with Gasteiger partial charge < -0.3 is 15.0 Å². The lowest BCUT2D eigenvalue weighted by Crippen LogP contribution is -2.49. The lowest BCUT2D eigenvalue weighted by molar-refractivity contribution is -0.141. The smallest absolute Gasteiger partial charge is 0.433 e. The van der Waals surface area contributed by atoms with Crippen molar-refractivity contribution in [2.75, 3.05) is 11.9 Å². The summed E-state index contributed by atoms with van der Waals surface area (Å²) in [6.45, 7) is 6.14. The predicted molar refractivity (Wildman–Crippen MR) is 86.1 cm³/mol. The second-order valence-corrected chi connectivity index (χ2v) is 7.72. The standard InChI is InChI=1S/C17H22F3N3O2/c1-16(2,3)25-15(24)23-9-10-6-12(13(23)7-10)22-11-4-5-14(21-8-11)17(18,19)20/h4-5,8,10,12-13,22H,6-7,9H2,1-3H3. The van der Waals surface area contributed by atoms with Crippen LogP contribution in [0.4, 0.5) is 23.7 Å². The van der Waals surface area contributed by atoms with Crippen LogP contribution in [0.25, 0.3) is 0 Å². The first-order valence-corrected chi connectivity index (χ1v) is 8.32. The zero-order valence-electron chi connectivity index (χ0n) is 14.4. The molecule has 2 aliphatic rings. The summed E-state index contributed by atoms with van der Waals surface area (Å²) in [6.07, 6.45) is -1.84. The molecule has 0 aromatic carbocycles. The summed E-state index contributed by atoms with van der Waals surface area (Å²) in [7, 11) is 0. The molecular formula is C17H22F3N3O2. The van der Waals surface area contributed by atoms with Crippen molar-refractivity contribution in [3.63, 3.8) is 0 Å². The van der Waals surface area contributed by atoms with Crippen LogP contribution in [0.5, 0.6) is 0 Å². The number of carbonyl (C=O) groups is 1. The van der Waals surface area contributed by atoms with Crippen molar-refractivity contribution in [1.29, 1.82) is 0 Å². The maximum atomic E-state index is 12.6. The van der Waals surface area contributed by atoms with Gasteiger partial charge in [-0.15, -0.1) is 0 Å². The molecule has 1 amide bonds. The molecule has 1 N–H and O–H groups in total. The molecule has 1 saturated heterocycles. The second kappa shape index (κ2) is 6.07. The highest BCUT2D eigenvalue weighted by atomic mass is 19.4. The molecule has 5 nitrogen and oxygen atoms in total. The van der Waals surface area contributed by atoms with Crippen molar-refractivity contribution in [1.82, 2.24) is 9.88 Å². The number of alkyl halides is 3. The number of nitrogens with zero attached hydrogens (tertiary/aromatic N) is 2. The van der Waals surface area contributed by atoms with Crippen molar-refractivity contribution in [2.24, 2.45) is 5.92 Å². The van der Waals surface area contributed by atoms with E-state index in [1.165, 1.54) is 12.3 Å². The molecule has 0 spiro atoms. The molecule has 3 atom stereocenters. The SMILES string of the molecule is CC(C)(C)OC(=O)N1CC2CC(Nc3ccc(C(F)(F)F)nc3)C1C2. The number of aromatic nitrogens is 1. The summed E-state index contributed by atoms with van der Waals surface area (Å²) in [5, 5.41) is 3.22. The van der Waals surface area contributed by atoms with E-state index in [1.54, 1.807) is 4.90 Å². The number of halogens is 3. The minimum Gasteiger partial charge on any atom is -0.444 e. The molecule has 1 aromatic heterocycles. The third-order valence-electron chi connectivity index (χ3n) is 4.52. The predicted octanol–water partition coefficient (Wildman–Crippen LogP) is 3.91. The number of hydrogen-bond acceptors (Lipinski definition) is 4. The van der Waals surface area contributed by atoms with Gasteiger partial charge in [-0.25, -0.2) is 9.78 Å². The number of nitrogens with one attached hydrogen (secondary N) is 1. The Balaban J connectivity index is 1.65. The maximum Gasteiger partial charge on any atom is 0.433 e. The number of pyridine rings is 1. The van der Waals surface area contributed by atoms with Gasteiger partial charge in [0.2, 0.25) is 0 Å². The van der Waals surface area contributed by atoms with E-state index >= 15 is 0 Å². The third kappa shape index (κ3) is 3.99. The Bertz CT molecular complexity index is 640. The normalized spacial score (nSPS) is 26.0. The van der Waals surface area contributed by atoms with Gasteiger partial charge in [-0.3, -0.25) is 0 Å². The highest BCUT2D eigenvalue weighted by Gasteiger charge is 2.48. The van der Waals surface area contributed by atoms with Gasteiger partial charge in [-0.05, 0) is 51.7 Å². The van der Waals surface area contributed by atoms with E-state index in [9.17, 15) is 18.0 Å². The van der Waals surface area contributed by atoms with Crippen LogP contribution in [0.15, 0.2) is 18.3 Å². The average molecular weight is 357 g/mol. The van der Waals surface area contributed by atoms with E-state index in [0.29, 0.717) is 18.2 Å². The van der Waals surface area contributed by atoms with Crippen molar-refractivity contribution >= 4 is 11.8 Å². The van der Waals surface area contributed by atoms with E-state index in [-0.39, 0.29) is 18.2 Å². The number of hydrogen-bond donors (Lipinski definition) is 1. The van der Waals surface area contributed by atoms with Crippen molar-refractivity contribution in [3.05, 3.63) is 24.0 Å². The molecule has 2 heterocycles. The molecule has 8 heteroatoms. The van der Waals surface area contributed by atoms with Crippen LogP contribution in [0.2, 0.25) is 0 Å². The van der Waals surface area contributed by atoms with Gasteiger partial charge in [-0.1, -0.05) is 0 Å². The first-order valence-electron chi connectivity index (χ1n) is 8.32. The molecular weight excluding hydrogens is 335 g/mol. The highest BCUT2D eigenvalue weighted by Crippen LogP contribution is 2.40. The number of piperidine rings is 1. The van der Waals surface area contributed by atoms with Crippen LogP contribution < -0.4 is 5.32 Å². The van der Waals surface area contributed by atoms with E-state index in [0.717, 1.165) is 18.9 Å². The molecule has 3 unspecified atom stereocenters. The molecule has 1 aromatic rings. The van der Waals surface area contributed by atoms with Gasteiger partial charge in [-0.2, -0.15) is 13.2 Å². The number of likely N-dealkylation sites (tertiary alicyclic amines) is 1. The molecule has 3 rings (SSSR count). The molecule has 25 heavy (non-hydrogen) atoms. The second-order valence-electron chi connectivity index (χ2n) is 7.72. The fraction of sp³-hybridized carbons (Fsp3) is 0.647. The number of fused-ring (bicyclic) bond motifs is 2. The van der Waals surface area contributed by atoms with Crippen LogP contribution in [-0.4, -0.2) is 40.2 Å². The van der Waals surface area contributed by atoms with Gasteiger partial charge in [0.1, 0.15) is 11.3 Å². The largest absolute Gasteiger partial charge is 0.444 e. The summed E-state index contributed by atoms with van der Waals surface area (Å²) in [6, 6.07) is 2.31. The van der Waals surface area contributed by atoms with Crippen molar-refractivity contribution < 1.29 is 22.7 Å². The van der Waals surface area contributed by atoms with E-state index in [2.05, 4.69) is 10.3 Å². The molecule has 1 saturated carbocycles. The Morgan fingerprint density at radius 1 is 1.28 bits per heavy atom. The first kappa shape index (κ1) is 17.8. The van der Waals surface area contributed by atoms with E-state index in [4.69, 9.17) is 4.74 Å². The van der Waals surface area contributed by atoms with Crippen LogP contribution in [0.3, 0.4) is 0 Å². The number of rotatable bonds is 2. The molecule has 2 fully saturated rings. The first-order chi connectivity index (χ1) is 11.5. The van der Waals surface area contributed by atoms with Crippen LogP contribution in [0.1, 0.15) is 39.3 Å². The summed E-state index contributed by atoms with van der Waals surface area (Å²) < 4.78 is 43.2. The van der Waals surface area contributed by atoms with Gasteiger partial charge in [0.05, 0.1) is 17.9 Å². The quantitative estimate of drug-likeness (QED) is 0.872. The summed E-state index contributed by atoms with van der Waals surface area (Å²) in [5.74, 6) is 0.387. The van der Waals surface area contributed by atoms with Crippen molar-refractivity contribution in [3.8, 4) is 0 Å². The summed E-state index contributed by atoms with van der Waals surface area (Å²) in [5.41, 5.74) is -0.949. The monoisotopic (exact) mass is 357 g/mol. The van der Waals surface area contributed by atoms with Gasteiger partial charge in [0.25, 0.3) is 0 Å². The van der Waals surface area contributed by atoms with E-state index < -0.39 is 17.5 Å². The van der Waals surface area contributed by atoms with Crippen molar-refractivity contribution in [2.45, 2.75) is 57.5 Å². The minimum atomic E-state index is -4.45. The third-order valence-corrected chi connectivity index (χ3v) is 4.52. The Morgan fingerprint density at radius 3 is 2.52 bits per heavy atom. The van der Waals surface area contributed by atoms with Crippen LogP contribution in [-0.2, 0) is 10.9 Å². The number of amides is 1. The van der Waals surface area contributed by atoms with Gasteiger partial charge in [0.15, 0.2) is 0 Å². The Hall–Kier alpha value is -1.99. The number of anilines is 1. The molecule has 1 aliphatic heterocycles. The Morgan fingerprint density at radius 2 is 2.00 bits per heavy atom. The number of carbonyl (C=O) groups excluding carboxylic acids is 1. The maximum absolute atomic E-state index is 12.6. The lowest BCUT2D eigenvalue weighted by atomic mass is 10.1. The van der Waals surface area contributed by atoms with Crippen LogP contribution >= 0.6 is 0 Å². The summed E-state index contributed by atoms with van der Waals surface area (Å²) in [4.78, 5) is 17.5. The Kier molecular flexibility index (Phi) is 4.33. The molecule has 1 aliphatic carbocycles. The topological polar surface area (TPSA) is 54.5 Å². The zero-order valence-corrected chi connectivity index (χ0v) is 14.4.